The van der Waals surface area contributed by atoms with E-state index in [4.69, 9.17) is 4.42 Å². The number of furan rings is 1. The second-order valence-corrected chi connectivity index (χ2v) is 4.90. The first kappa shape index (κ1) is 13.0. The van der Waals surface area contributed by atoms with E-state index < -0.39 is 4.92 Å². The SMILES string of the molecule is CN1CCCC(CNCc2ccc([N+](=O)[O-])o2)C1. The lowest BCUT2D eigenvalue weighted by Crippen LogP contribution is -2.37. The summed E-state index contributed by atoms with van der Waals surface area (Å²) in [5.41, 5.74) is 0. The molecule has 6 heteroatoms. The molecule has 0 saturated carbocycles. The van der Waals surface area contributed by atoms with Crippen LogP contribution in [0.15, 0.2) is 16.5 Å². The van der Waals surface area contributed by atoms with Gasteiger partial charge in [-0.1, -0.05) is 0 Å². The summed E-state index contributed by atoms with van der Waals surface area (Å²) >= 11 is 0. The molecule has 1 atom stereocenters. The van der Waals surface area contributed by atoms with E-state index in [1.807, 2.05) is 0 Å². The lowest BCUT2D eigenvalue weighted by atomic mass is 9.98. The van der Waals surface area contributed by atoms with Crippen LogP contribution < -0.4 is 5.32 Å². The minimum atomic E-state index is -0.514. The fraction of sp³-hybridized carbons (Fsp3) is 0.667. The standard InChI is InChI=1S/C12H19N3O3/c1-14-6-2-3-10(9-14)7-13-8-11-4-5-12(18-11)15(16)17/h4-5,10,13H,2-3,6-9H2,1H3. The highest BCUT2D eigenvalue weighted by molar-refractivity contribution is 5.17. The third-order valence-electron chi connectivity index (χ3n) is 3.28. The first-order valence-electron chi connectivity index (χ1n) is 6.27. The summed E-state index contributed by atoms with van der Waals surface area (Å²) in [4.78, 5) is 12.3. The second-order valence-electron chi connectivity index (χ2n) is 4.90. The molecule has 0 aliphatic carbocycles. The third-order valence-corrected chi connectivity index (χ3v) is 3.28. The van der Waals surface area contributed by atoms with Gasteiger partial charge in [-0.2, -0.15) is 0 Å². The Morgan fingerprint density at radius 3 is 3.11 bits per heavy atom. The summed E-state index contributed by atoms with van der Waals surface area (Å²) in [6.45, 7) is 3.78. The molecule has 1 aromatic rings. The smallest absolute Gasteiger partial charge is 0.404 e. The van der Waals surface area contributed by atoms with Gasteiger partial charge in [-0.05, 0) is 45.0 Å². The average molecular weight is 253 g/mol. The monoisotopic (exact) mass is 253 g/mol. The molecule has 100 valence electrons. The van der Waals surface area contributed by atoms with Crippen LogP contribution in [0.2, 0.25) is 0 Å². The summed E-state index contributed by atoms with van der Waals surface area (Å²) in [6.07, 6.45) is 2.49. The molecule has 0 spiro atoms. The highest BCUT2D eigenvalue weighted by Crippen LogP contribution is 2.16. The Morgan fingerprint density at radius 1 is 1.61 bits per heavy atom. The van der Waals surface area contributed by atoms with Gasteiger partial charge in [0.1, 0.15) is 10.7 Å². The van der Waals surface area contributed by atoms with E-state index >= 15 is 0 Å². The molecule has 0 bridgehead atoms. The molecular weight excluding hydrogens is 234 g/mol. The lowest BCUT2D eigenvalue weighted by molar-refractivity contribution is -0.402. The molecule has 1 aliphatic heterocycles. The van der Waals surface area contributed by atoms with E-state index in [2.05, 4.69) is 17.3 Å². The van der Waals surface area contributed by atoms with Gasteiger partial charge in [0.25, 0.3) is 0 Å². The van der Waals surface area contributed by atoms with Gasteiger partial charge in [-0.3, -0.25) is 10.1 Å². The summed E-state index contributed by atoms with van der Waals surface area (Å²) < 4.78 is 5.08. The maximum atomic E-state index is 10.5. The summed E-state index contributed by atoms with van der Waals surface area (Å²) in [5.74, 6) is 1.09. The van der Waals surface area contributed by atoms with Gasteiger partial charge in [0.15, 0.2) is 0 Å². The van der Waals surface area contributed by atoms with Crippen LogP contribution in [-0.4, -0.2) is 36.5 Å². The van der Waals surface area contributed by atoms with Crippen LogP contribution in [0.5, 0.6) is 0 Å². The van der Waals surface area contributed by atoms with Crippen molar-refractivity contribution >= 4 is 5.88 Å². The molecule has 1 aliphatic rings. The van der Waals surface area contributed by atoms with E-state index in [1.54, 1.807) is 6.07 Å². The molecule has 1 N–H and O–H groups in total. The number of hydrogen-bond acceptors (Lipinski definition) is 5. The van der Waals surface area contributed by atoms with Crippen LogP contribution in [0, 0.1) is 16.0 Å². The van der Waals surface area contributed by atoms with Crippen molar-refractivity contribution in [3.63, 3.8) is 0 Å². The van der Waals surface area contributed by atoms with Crippen molar-refractivity contribution in [2.75, 3.05) is 26.7 Å². The molecule has 1 aromatic heterocycles. The normalized spacial score (nSPS) is 21.1. The molecule has 1 saturated heterocycles. The predicted molar refractivity (Wildman–Crippen MR) is 67.3 cm³/mol. The van der Waals surface area contributed by atoms with Gasteiger partial charge in [-0.15, -0.1) is 0 Å². The minimum absolute atomic E-state index is 0.191. The molecule has 0 radical (unpaired) electrons. The first-order valence-corrected chi connectivity index (χ1v) is 6.27. The van der Waals surface area contributed by atoms with Gasteiger partial charge in [0.05, 0.1) is 12.6 Å². The highest BCUT2D eigenvalue weighted by Gasteiger charge is 2.17. The average Bonchev–Trinajstić information content (AvgIpc) is 2.78. The van der Waals surface area contributed by atoms with Crippen molar-refractivity contribution in [2.45, 2.75) is 19.4 Å². The number of piperidine rings is 1. The molecule has 0 amide bonds. The Labute approximate surface area is 106 Å². The maximum absolute atomic E-state index is 10.5. The Balaban J connectivity index is 1.72. The molecule has 2 rings (SSSR count). The van der Waals surface area contributed by atoms with Crippen molar-refractivity contribution in [3.8, 4) is 0 Å². The van der Waals surface area contributed by atoms with Crippen LogP contribution in [0.25, 0.3) is 0 Å². The summed E-state index contributed by atoms with van der Waals surface area (Å²) in [5, 5.41) is 13.8. The molecule has 0 aromatic carbocycles. The van der Waals surface area contributed by atoms with Crippen molar-refractivity contribution in [3.05, 3.63) is 28.0 Å². The Morgan fingerprint density at radius 2 is 2.44 bits per heavy atom. The molecule has 2 heterocycles. The molecule has 18 heavy (non-hydrogen) atoms. The van der Waals surface area contributed by atoms with Gasteiger partial charge < -0.3 is 14.6 Å². The van der Waals surface area contributed by atoms with Crippen LogP contribution in [0.1, 0.15) is 18.6 Å². The van der Waals surface area contributed by atoms with E-state index in [1.165, 1.54) is 25.5 Å². The topological polar surface area (TPSA) is 71.5 Å². The molecule has 6 nitrogen and oxygen atoms in total. The van der Waals surface area contributed by atoms with Gasteiger partial charge >= 0.3 is 5.88 Å². The fourth-order valence-corrected chi connectivity index (χ4v) is 2.40. The lowest BCUT2D eigenvalue weighted by Gasteiger charge is -2.29. The van der Waals surface area contributed by atoms with Crippen molar-refractivity contribution in [1.82, 2.24) is 10.2 Å². The quantitative estimate of drug-likeness (QED) is 0.637. The van der Waals surface area contributed by atoms with Crippen LogP contribution in [-0.2, 0) is 6.54 Å². The second kappa shape index (κ2) is 5.97. The zero-order valence-corrected chi connectivity index (χ0v) is 10.6. The number of nitrogens with one attached hydrogen (secondary N) is 1. The summed E-state index contributed by atoms with van der Waals surface area (Å²) in [7, 11) is 2.14. The van der Waals surface area contributed by atoms with E-state index in [0.29, 0.717) is 18.2 Å². The summed E-state index contributed by atoms with van der Waals surface area (Å²) in [6, 6.07) is 3.05. The van der Waals surface area contributed by atoms with Crippen LogP contribution in [0.3, 0.4) is 0 Å². The number of nitrogens with zero attached hydrogens (tertiary/aromatic N) is 2. The van der Waals surface area contributed by atoms with Crippen molar-refractivity contribution in [2.24, 2.45) is 5.92 Å². The zero-order chi connectivity index (χ0) is 13.0. The number of hydrogen-bond donors (Lipinski definition) is 1. The number of nitro groups is 1. The van der Waals surface area contributed by atoms with Crippen molar-refractivity contribution in [1.29, 1.82) is 0 Å². The number of likely N-dealkylation sites (tertiary alicyclic amines) is 1. The van der Waals surface area contributed by atoms with Crippen molar-refractivity contribution < 1.29 is 9.34 Å². The van der Waals surface area contributed by atoms with E-state index in [-0.39, 0.29) is 5.88 Å². The Bertz CT molecular complexity index is 405. The maximum Gasteiger partial charge on any atom is 0.433 e. The fourth-order valence-electron chi connectivity index (χ4n) is 2.40. The Hall–Kier alpha value is -1.40. The van der Waals surface area contributed by atoms with Crippen LogP contribution in [0.4, 0.5) is 5.88 Å². The van der Waals surface area contributed by atoms with E-state index in [9.17, 15) is 10.1 Å². The van der Waals surface area contributed by atoms with Gasteiger partial charge in [0, 0.05) is 6.54 Å². The van der Waals surface area contributed by atoms with Crippen LogP contribution >= 0.6 is 0 Å². The molecular formula is C12H19N3O3. The molecule has 1 fully saturated rings. The molecule has 1 unspecified atom stereocenters. The minimum Gasteiger partial charge on any atom is -0.404 e. The number of rotatable bonds is 5. The third kappa shape index (κ3) is 3.54. The zero-order valence-electron chi connectivity index (χ0n) is 10.6. The highest BCUT2D eigenvalue weighted by atomic mass is 16.6. The predicted octanol–water partition coefficient (Wildman–Crippen LogP) is 1.62. The van der Waals surface area contributed by atoms with E-state index in [0.717, 1.165) is 13.1 Å². The Kier molecular flexibility index (Phi) is 4.33. The van der Waals surface area contributed by atoms with Gasteiger partial charge in [-0.25, -0.2) is 0 Å². The van der Waals surface area contributed by atoms with Gasteiger partial charge in [0.2, 0.25) is 0 Å². The largest absolute Gasteiger partial charge is 0.433 e. The first-order chi connectivity index (χ1) is 8.65.